The first kappa shape index (κ1) is 12.2. The predicted octanol–water partition coefficient (Wildman–Crippen LogP) is 3.52. The Labute approximate surface area is 114 Å². The van der Waals surface area contributed by atoms with Crippen LogP contribution in [0.1, 0.15) is 34.7 Å². The third kappa shape index (κ3) is 2.49. The van der Waals surface area contributed by atoms with Crippen molar-refractivity contribution in [3.63, 3.8) is 0 Å². The molecule has 3 rings (SSSR count). The van der Waals surface area contributed by atoms with Gasteiger partial charge in [0.2, 0.25) is 0 Å². The van der Waals surface area contributed by atoms with E-state index in [1.807, 2.05) is 12.1 Å². The zero-order chi connectivity index (χ0) is 13.2. The molecule has 0 aliphatic heterocycles. The molecule has 0 aromatic heterocycles. The smallest absolute Gasteiger partial charge is 0.120 e. The van der Waals surface area contributed by atoms with Crippen LogP contribution in [0.15, 0.2) is 42.5 Å². The fourth-order valence-electron chi connectivity index (χ4n) is 2.65. The first-order chi connectivity index (χ1) is 9.24. The second-order valence-electron chi connectivity index (χ2n) is 5.22. The molecule has 1 aliphatic carbocycles. The molecule has 98 valence electrons. The van der Waals surface area contributed by atoms with E-state index < -0.39 is 0 Å². The third-order valence-corrected chi connectivity index (χ3v) is 3.89. The van der Waals surface area contributed by atoms with Crippen molar-refractivity contribution < 1.29 is 4.74 Å². The Kier molecular flexibility index (Phi) is 3.26. The summed E-state index contributed by atoms with van der Waals surface area (Å²) in [5, 5.41) is 0. The fraction of sp³-hybridized carbons (Fsp3) is 0.294. The highest BCUT2D eigenvalue weighted by molar-refractivity contribution is 5.40. The van der Waals surface area contributed by atoms with Gasteiger partial charge in [-0.1, -0.05) is 30.3 Å². The number of hydrogen-bond acceptors (Lipinski definition) is 2. The molecule has 0 bridgehead atoms. The molecule has 0 fully saturated rings. The van der Waals surface area contributed by atoms with Crippen molar-refractivity contribution in [3.05, 3.63) is 64.7 Å². The molecular formula is C17H19NO. The molecule has 0 heterocycles. The number of ether oxygens (including phenoxy) is 1. The predicted molar refractivity (Wildman–Crippen MR) is 77.2 cm³/mol. The van der Waals surface area contributed by atoms with Crippen molar-refractivity contribution in [3.8, 4) is 5.75 Å². The van der Waals surface area contributed by atoms with Crippen LogP contribution in [0.2, 0.25) is 0 Å². The van der Waals surface area contributed by atoms with Crippen molar-refractivity contribution in [1.29, 1.82) is 0 Å². The summed E-state index contributed by atoms with van der Waals surface area (Å²) in [5.41, 5.74) is 11.2. The van der Waals surface area contributed by atoms with Crippen LogP contribution in [0.4, 0.5) is 0 Å². The van der Waals surface area contributed by atoms with Gasteiger partial charge in [0, 0.05) is 6.04 Å². The zero-order valence-electron chi connectivity index (χ0n) is 11.2. The molecule has 0 saturated carbocycles. The van der Waals surface area contributed by atoms with Crippen molar-refractivity contribution in [2.45, 2.75) is 32.4 Å². The molecule has 2 nitrogen and oxygen atoms in total. The van der Waals surface area contributed by atoms with Crippen LogP contribution in [0, 0.1) is 6.92 Å². The van der Waals surface area contributed by atoms with Gasteiger partial charge in [0.15, 0.2) is 0 Å². The number of benzene rings is 2. The number of hydrogen-bond donors (Lipinski definition) is 1. The van der Waals surface area contributed by atoms with Crippen LogP contribution in [-0.4, -0.2) is 0 Å². The van der Waals surface area contributed by atoms with Crippen LogP contribution < -0.4 is 10.5 Å². The first-order valence-corrected chi connectivity index (χ1v) is 6.80. The van der Waals surface area contributed by atoms with E-state index in [4.69, 9.17) is 10.5 Å². The summed E-state index contributed by atoms with van der Waals surface area (Å²) in [6, 6.07) is 14.8. The maximum Gasteiger partial charge on any atom is 0.120 e. The maximum atomic E-state index is 6.04. The molecule has 0 radical (unpaired) electrons. The van der Waals surface area contributed by atoms with Gasteiger partial charge in [0.25, 0.3) is 0 Å². The lowest BCUT2D eigenvalue weighted by molar-refractivity contribution is 0.305. The van der Waals surface area contributed by atoms with Crippen LogP contribution >= 0.6 is 0 Å². The minimum Gasteiger partial charge on any atom is -0.489 e. The van der Waals surface area contributed by atoms with Crippen molar-refractivity contribution in [1.82, 2.24) is 0 Å². The number of fused-ring (bicyclic) bond motifs is 1. The molecule has 0 spiro atoms. The van der Waals surface area contributed by atoms with E-state index >= 15 is 0 Å². The zero-order valence-corrected chi connectivity index (χ0v) is 11.2. The molecule has 0 amide bonds. The number of aryl methyl sites for hydroxylation is 2. The first-order valence-electron chi connectivity index (χ1n) is 6.80. The van der Waals surface area contributed by atoms with Crippen molar-refractivity contribution in [2.75, 3.05) is 0 Å². The second kappa shape index (κ2) is 5.06. The Balaban J connectivity index is 1.73. The van der Waals surface area contributed by atoms with Crippen LogP contribution in [0.5, 0.6) is 5.75 Å². The fourth-order valence-corrected chi connectivity index (χ4v) is 2.65. The SMILES string of the molecule is Cc1ccccc1COc1ccc2c(c1)CC[C@@H]2N. The molecule has 0 saturated heterocycles. The second-order valence-corrected chi connectivity index (χ2v) is 5.22. The lowest BCUT2D eigenvalue weighted by Gasteiger charge is -2.10. The van der Waals surface area contributed by atoms with E-state index in [9.17, 15) is 0 Å². The van der Waals surface area contributed by atoms with E-state index in [0.717, 1.165) is 18.6 Å². The summed E-state index contributed by atoms with van der Waals surface area (Å²) in [5.74, 6) is 0.941. The molecule has 1 atom stereocenters. The monoisotopic (exact) mass is 253 g/mol. The van der Waals surface area contributed by atoms with E-state index in [1.165, 1.54) is 22.3 Å². The summed E-state index contributed by atoms with van der Waals surface area (Å²) in [6.07, 6.45) is 2.12. The van der Waals surface area contributed by atoms with Crippen LogP contribution in [0.25, 0.3) is 0 Å². The van der Waals surface area contributed by atoms with E-state index in [-0.39, 0.29) is 6.04 Å². The van der Waals surface area contributed by atoms with Gasteiger partial charge in [0.05, 0.1) is 0 Å². The standard InChI is InChI=1S/C17H19NO/c1-12-4-2-3-5-14(12)11-19-15-7-8-16-13(10-15)6-9-17(16)18/h2-5,7-8,10,17H,6,9,11,18H2,1H3/t17-/m0/s1. The van der Waals surface area contributed by atoms with Gasteiger partial charge in [-0.2, -0.15) is 0 Å². The average molecular weight is 253 g/mol. The van der Waals surface area contributed by atoms with Gasteiger partial charge in [-0.25, -0.2) is 0 Å². The Morgan fingerprint density at radius 3 is 2.89 bits per heavy atom. The highest BCUT2D eigenvalue weighted by Gasteiger charge is 2.19. The molecular weight excluding hydrogens is 234 g/mol. The van der Waals surface area contributed by atoms with Crippen molar-refractivity contribution in [2.24, 2.45) is 5.73 Å². The molecule has 0 unspecified atom stereocenters. The Morgan fingerprint density at radius 2 is 2.05 bits per heavy atom. The molecule has 2 aromatic carbocycles. The van der Waals surface area contributed by atoms with Crippen molar-refractivity contribution >= 4 is 0 Å². The summed E-state index contributed by atoms with van der Waals surface area (Å²) in [6.45, 7) is 2.73. The van der Waals surface area contributed by atoms with Gasteiger partial charge in [-0.15, -0.1) is 0 Å². The third-order valence-electron chi connectivity index (χ3n) is 3.89. The van der Waals surface area contributed by atoms with Crippen LogP contribution in [0.3, 0.4) is 0 Å². The largest absolute Gasteiger partial charge is 0.489 e. The quantitative estimate of drug-likeness (QED) is 0.908. The summed E-state index contributed by atoms with van der Waals surface area (Å²) in [4.78, 5) is 0. The lowest BCUT2D eigenvalue weighted by atomic mass is 10.1. The Hall–Kier alpha value is -1.80. The summed E-state index contributed by atoms with van der Waals surface area (Å²) >= 11 is 0. The van der Waals surface area contributed by atoms with Crippen LogP contribution in [-0.2, 0) is 13.0 Å². The minimum absolute atomic E-state index is 0.209. The highest BCUT2D eigenvalue weighted by atomic mass is 16.5. The topological polar surface area (TPSA) is 35.2 Å². The van der Waals surface area contributed by atoms with E-state index in [1.54, 1.807) is 0 Å². The van der Waals surface area contributed by atoms with Gasteiger partial charge in [0.1, 0.15) is 12.4 Å². The number of rotatable bonds is 3. The highest BCUT2D eigenvalue weighted by Crippen LogP contribution is 2.32. The molecule has 1 aliphatic rings. The average Bonchev–Trinajstić information content (AvgIpc) is 2.79. The summed E-state index contributed by atoms with van der Waals surface area (Å²) in [7, 11) is 0. The lowest BCUT2D eigenvalue weighted by Crippen LogP contribution is -2.05. The van der Waals surface area contributed by atoms with Gasteiger partial charge in [-0.05, 0) is 54.2 Å². The minimum atomic E-state index is 0.209. The van der Waals surface area contributed by atoms with E-state index in [2.05, 4.69) is 37.3 Å². The molecule has 19 heavy (non-hydrogen) atoms. The maximum absolute atomic E-state index is 6.04. The summed E-state index contributed by atoms with van der Waals surface area (Å²) < 4.78 is 5.89. The molecule has 2 N–H and O–H groups in total. The molecule has 2 aromatic rings. The van der Waals surface area contributed by atoms with E-state index in [0.29, 0.717) is 6.61 Å². The molecule has 2 heteroatoms. The van der Waals surface area contributed by atoms with Gasteiger partial charge < -0.3 is 10.5 Å². The Bertz CT molecular complexity index is 592. The van der Waals surface area contributed by atoms with Gasteiger partial charge >= 0.3 is 0 Å². The Morgan fingerprint density at radius 1 is 1.21 bits per heavy atom. The number of nitrogens with two attached hydrogens (primary N) is 1. The normalized spacial score (nSPS) is 17.3. The van der Waals surface area contributed by atoms with Gasteiger partial charge in [-0.3, -0.25) is 0 Å².